The van der Waals surface area contributed by atoms with Crippen LogP contribution in [-0.2, 0) is 14.4 Å². The van der Waals surface area contributed by atoms with Crippen molar-refractivity contribution >= 4 is 35.2 Å². The number of likely N-dealkylation sites (N-methyl/N-ethyl adjacent to an activating group) is 1. The highest BCUT2D eigenvalue weighted by Gasteiger charge is 2.19. The van der Waals surface area contributed by atoms with Crippen molar-refractivity contribution in [2.75, 3.05) is 51.3 Å². The lowest BCUT2D eigenvalue weighted by Crippen LogP contribution is -2.39. The van der Waals surface area contributed by atoms with E-state index >= 15 is 0 Å². The van der Waals surface area contributed by atoms with Crippen molar-refractivity contribution in [1.82, 2.24) is 15.1 Å². The summed E-state index contributed by atoms with van der Waals surface area (Å²) < 4.78 is 0. The second kappa shape index (κ2) is 10.9. The van der Waals surface area contributed by atoms with Gasteiger partial charge in [-0.1, -0.05) is 12.1 Å². The molecular formula is C19H28N4O3S. The van der Waals surface area contributed by atoms with Crippen LogP contribution in [0.25, 0.3) is 0 Å². The van der Waals surface area contributed by atoms with E-state index in [-0.39, 0.29) is 30.8 Å². The number of para-hydroxylation sites is 1. The van der Waals surface area contributed by atoms with Gasteiger partial charge in [0.1, 0.15) is 0 Å². The molecule has 1 aliphatic rings. The Morgan fingerprint density at radius 1 is 1.22 bits per heavy atom. The zero-order chi connectivity index (χ0) is 19.6. The standard InChI is InChI=1S/C19H28N4O3S/c1-22(14-18(25)21-15-7-3-4-8-16(15)27-2)13-17(24)20-10-6-12-23-11-5-9-19(23)26/h3-4,7-8H,5-6,9-14H2,1-2H3,(H,20,24)(H,21,25). The normalized spacial score (nSPS) is 13.9. The van der Waals surface area contributed by atoms with E-state index in [0.29, 0.717) is 19.5 Å². The highest BCUT2D eigenvalue weighted by Crippen LogP contribution is 2.24. The SMILES string of the molecule is CSc1ccccc1NC(=O)CN(C)CC(=O)NCCCN1CCCC1=O. The molecule has 7 nitrogen and oxygen atoms in total. The molecule has 0 aliphatic carbocycles. The van der Waals surface area contributed by atoms with Gasteiger partial charge in [0.15, 0.2) is 0 Å². The van der Waals surface area contributed by atoms with Crippen molar-refractivity contribution in [2.24, 2.45) is 0 Å². The Labute approximate surface area is 164 Å². The van der Waals surface area contributed by atoms with Crippen LogP contribution >= 0.6 is 11.8 Å². The minimum atomic E-state index is -0.153. The van der Waals surface area contributed by atoms with E-state index < -0.39 is 0 Å². The Morgan fingerprint density at radius 3 is 2.67 bits per heavy atom. The molecule has 1 aromatic rings. The Morgan fingerprint density at radius 2 is 1.96 bits per heavy atom. The molecule has 1 heterocycles. The highest BCUT2D eigenvalue weighted by molar-refractivity contribution is 7.98. The van der Waals surface area contributed by atoms with E-state index in [1.807, 2.05) is 35.4 Å². The summed E-state index contributed by atoms with van der Waals surface area (Å²) in [7, 11) is 1.74. The first kappa shape index (κ1) is 21.2. The molecule has 0 aromatic heterocycles. The van der Waals surface area contributed by atoms with Gasteiger partial charge in [0, 0.05) is 31.0 Å². The molecule has 27 heavy (non-hydrogen) atoms. The maximum Gasteiger partial charge on any atom is 0.238 e. The van der Waals surface area contributed by atoms with E-state index in [4.69, 9.17) is 0 Å². The molecule has 0 saturated carbocycles. The number of carbonyl (C=O) groups excluding carboxylic acids is 3. The number of hydrogen-bond acceptors (Lipinski definition) is 5. The van der Waals surface area contributed by atoms with Gasteiger partial charge in [-0.15, -0.1) is 11.8 Å². The van der Waals surface area contributed by atoms with E-state index in [1.165, 1.54) is 0 Å². The van der Waals surface area contributed by atoms with Crippen molar-refractivity contribution < 1.29 is 14.4 Å². The van der Waals surface area contributed by atoms with Crippen LogP contribution in [-0.4, -0.2) is 73.5 Å². The molecule has 1 fully saturated rings. The summed E-state index contributed by atoms with van der Waals surface area (Å²) in [6.07, 6.45) is 4.27. The van der Waals surface area contributed by atoms with Gasteiger partial charge in [-0.25, -0.2) is 0 Å². The first-order chi connectivity index (χ1) is 13.0. The van der Waals surface area contributed by atoms with Crippen molar-refractivity contribution in [2.45, 2.75) is 24.2 Å². The summed E-state index contributed by atoms with van der Waals surface area (Å²) in [4.78, 5) is 40.2. The molecule has 0 atom stereocenters. The monoisotopic (exact) mass is 392 g/mol. The van der Waals surface area contributed by atoms with Gasteiger partial charge in [0.2, 0.25) is 17.7 Å². The second-order valence-corrected chi connectivity index (χ2v) is 7.46. The summed E-state index contributed by atoms with van der Waals surface area (Å²) in [6.45, 7) is 2.33. The van der Waals surface area contributed by atoms with E-state index in [2.05, 4.69) is 10.6 Å². The van der Waals surface area contributed by atoms with Crippen molar-refractivity contribution in [1.29, 1.82) is 0 Å². The quantitative estimate of drug-likeness (QED) is 0.465. The van der Waals surface area contributed by atoms with Crippen LogP contribution in [0.2, 0.25) is 0 Å². The first-order valence-electron chi connectivity index (χ1n) is 9.15. The lowest BCUT2D eigenvalue weighted by molar-refractivity contribution is -0.127. The molecule has 2 rings (SSSR count). The number of rotatable bonds is 10. The van der Waals surface area contributed by atoms with Crippen molar-refractivity contribution in [3.8, 4) is 0 Å². The minimum Gasteiger partial charge on any atom is -0.355 e. The third-order valence-corrected chi connectivity index (χ3v) is 5.10. The van der Waals surface area contributed by atoms with Crippen LogP contribution < -0.4 is 10.6 Å². The van der Waals surface area contributed by atoms with E-state index in [1.54, 1.807) is 23.7 Å². The zero-order valence-electron chi connectivity index (χ0n) is 16.0. The summed E-state index contributed by atoms with van der Waals surface area (Å²) in [5.74, 6) is -0.0722. The summed E-state index contributed by atoms with van der Waals surface area (Å²) in [5, 5.41) is 5.72. The summed E-state index contributed by atoms with van der Waals surface area (Å²) in [5.41, 5.74) is 0.782. The zero-order valence-corrected chi connectivity index (χ0v) is 16.8. The predicted molar refractivity (Wildman–Crippen MR) is 108 cm³/mol. The number of nitrogens with zero attached hydrogens (tertiary/aromatic N) is 2. The number of nitrogens with one attached hydrogen (secondary N) is 2. The largest absolute Gasteiger partial charge is 0.355 e. The summed E-state index contributed by atoms with van der Waals surface area (Å²) in [6, 6.07) is 7.62. The number of hydrogen-bond donors (Lipinski definition) is 2. The molecule has 2 N–H and O–H groups in total. The Hall–Kier alpha value is -2.06. The average Bonchev–Trinajstić information content (AvgIpc) is 3.04. The Bertz CT molecular complexity index is 668. The molecule has 1 saturated heterocycles. The van der Waals surface area contributed by atoms with Gasteiger partial charge in [0.05, 0.1) is 18.8 Å². The molecule has 1 aliphatic heterocycles. The fourth-order valence-corrected chi connectivity index (χ4v) is 3.53. The highest BCUT2D eigenvalue weighted by atomic mass is 32.2. The van der Waals surface area contributed by atoms with Crippen LogP contribution in [0.5, 0.6) is 0 Å². The molecule has 0 unspecified atom stereocenters. The number of likely N-dealkylation sites (tertiary alicyclic amines) is 1. The van der Waals surface area contributed by atoms with Gasteiger partial charge in [-0.3, -0.25) is 19.3 Å². The minimum absolute atomic E-state index is 0.123. The van der Waals surface area contributed by atoms with Crippen LogP contribution in [0.4, 0.5) is 5.69 Å². The first-order valence-corrected chi connectivity index (χ1v) is 10.4. The number of thioether (sulfide) groups is 1. The maximum atomic E-state index is 12.2. The number of amides is 3. The van der Waals surface area contributed by atoms with Gasteiger partial charge in [-0.2, -0.15) is 0 Å². The van der Waals surface area contributed by atoms with Gasteiger partial charge >= 0.3 is 0 Å². The third kappa shape index (κ3) is 7.22. The van der Waals surface area contributed by atoms with Crippen LogP contribution in [0.15, 0.2) is 29.2 Å². The number of benzene rings is 1. The van der Waals surface area contributed by atoms with E-state index in [9.17, 15) is 14.4 Å². The predicted octanol–water partition coefficient (Wildman–Crippen LogP) is 1.41. The second-order valence-electron chi connectivity index (χ2n) is 6.61. The molecule has 148 valence electrons. The van der Waals surface area contributed by atoms with Gasteiger partial charge in [-0.05, 0) is 38.3 Å². The topological polar surface area (TPSA) is 81.8 Å². The molecule has 8 heteroatoms. The molecule has 3 amide bonds. The maximum absolute atomic E-state index is 12.2. The van der Waals surface area contributed by atoms with E-state index in [0.717, 1.165) is 30.0 Å². The molecule has 0 spiro atoms. The lowest BCUT2D eigenvalue weighted by atomic mass is 10.3. The van der Waals surface area contributed by atoms with Crippen molar-refractivity contribution in [3.63, 3.8) is 0 Å². The molecule has 0 bridgehead atoms. The third-order valence-electron chi connectivity index (χ3n) is 4.31. The number of carbonyl (C=O) groups is 3. The van der Waals surface area contributed by atoms with Gasteiger partial charge < -0.3 is 15.5 Å². The lowest BCUT2D eigenvalue weighted by Gasteiger charge is -2.18. The van der Waals surface area contributed by atoms with Crippen LogP contribution in [0, 0.1) is 0 Å². The van der Waals surface area contributed by atoms with Crippen LogP contribution in [0.1, 0.15) is 19.3 Å². The average molecular weight is 393 g/mol. The van der Waals surface area contributed by atoms with Gasteiger partial charge in [0.25, 0.3) is 0 Å². The Kier molecular flexibility index (Phi) is 8.60. The van der Waals surface area contributed by atoms with Crippen LogP contribution in [0.3, 0.4) is 0 Å². The fourth-order valence-electron chi connectivity index (χ4n) is 2.98. The molecular weight excluding hydrogens is 364 g/mol. The summed E-state index contributed by atoms with van der Waals surface area (Å²) >= 11 is 1.57. The smallest absolute Gasteiger partial charge is 0.238 e. The number of anilines is 1. The van der Waals surface area contributed by atoms with Crippen molar-refractivity contribution in [3.05, 3.63) is 24.3 Å². The fraction of sp³-hybridized carbons (Fsp3) is 0.526. The molecule has 1 aromatic carbocycles. The molecule has 0 radical (unpaired) electrons. The Balaban J connectivity index is 1.63.